The fourth-order valence-electron chi connectivity index (χ4n) is 4.41. The summed E-state index contributed by atoms with van der Waals surface area (Å²) < 4.78 is 31.7. The Bertz CT molecular complexity index is 1180. The van der Waals surface area contributed by atoms with E-state index in [9.17, 15) is 13.2 Å². The first kappa shape index (κ1) is 30.1. The molecule has 1 aliphatic heterocycles. The van der Waals surface area contributed by atoms with Gasteiger partial charge in [0.15, 0.2) is 0 Å². The van der Waals surface area contributed by atoms with Gasteiger partial charge in [-0.3, -0.25) is 0 Å². The van der Waals surface area contributed by atoms with Crippen molar-refractivity contribution in [2.75, 3.05) is 56.5 Å². The van der Waals surface area contributed by atoms with Crippen LogP contribution in [-0.4, -0.2) is 74.6 Å². The van der Waals surface area contributed by atoms with Gasteiger partial charge < -0.3 is 31.7 Å². The number of halogens is 3. The van der Waals surface area contributed by atoms with E-state index in [4.69, 9.17) is 20.6 Å². The average Bonchev–Trinajstić information content (AvgIpc) is 2.95. The number of carbonyl (C=O) groups is 1. The number of para-hydroxylation sites is 1. The fourth-order valence-corrected chi connectivity index (χ4v) is 4.41. The number of nitrogens with one attached hydrogen (secondary N) is 3. The van der Waals surface area contributed by atoms with Crippen molar-refractivity contribution in [2.45, 2.75) is 31.5 Å². The number of hydrogen-bond donors (Lipinski definition) is 5. The Morgan fingerprint density at radius 1 is 1.13 bits per heavy atom. The summed E-state index contributed by atoms with van der Waals surface area (Å²) in [5, 5.41) is 18.8. The molecule has 2 aromatic carbocycles. The zero-order valence-corrected chi connectivity index (χ0v) is 22.1. The number of fused-ring (bicyclic) bond motifs is 1. The molecule has 1 aromatic heterocycles. The molecule has 1 saturated heterocycles. The first-order chi connectivity index (χ1) is 18.7. The highest BCUT2D eigenvalue weighted by atomic mass is 19.4. The van der Waals surface area contributed by atoms with Crippen LogP contribution < -0.4 is 26.6 Å². The van der Waals surface area contributed by atoms with Gasteiger partial charge in [-0.15, -0.1) is 0 Å². The van der Waals surface area contributed by atoms with E-state index in [1.165, 1.54) is 5.69 Å². The maximum Gasteiger partial charge on any atom is 0.490 e. The Balaban J connectivity index is 0.000000532. The monoisotopic (exact) mass is 546 g/mol. The molecule has 39 heavy (non-hydrogen) atoms. The molecule has 0 spiro atoms. The van der Waals surface area contributed by atoms with Crippen molar-refractivity contribution in [1.82, 2.24) is 15.6 Å². The van der Waals surface area contributed by atoms with E-state index in [2.05, 4.69) is 75.4 Å². The second kappa shape index (κ2) is 14.7. The largest absolute Gasteiger partial charge is 0.490 e. The van der Waals surface area contributed by atoms with Crippen LogP contribution in [0.25, 0.3) is 22.2 Å². The van der Waals surface area contributed by atoms with Crippen LogP contribution in [0.4, 0.5) is 24.5 Å². The molecule has 1 aliphatic rings. The number of pyridine rings is 1. The van der Waals surface area contributed by atoms with Crippen molar-refractivity contribution in [3.63, 3.8) is 0 Å². The second-order valence-electron chi connectivity index (χ2n) is 9.29. The number of carboxylic acid groups (broad SMARTS) is 1. The number of aliphatic carboxylic acids is 1. The number of carboxylic acids is 1. The van der Waals surface area contributed by atoms with Crippen LogP contribution in [0.15, 0.2) is 54.6 Å². The zero-order valence-electron chi connectivity index (χ0n) is 22.1. The molecule has 1 fully saturated rings. The number of nitrogens with two attached hydrogens (primary N) is 1. The highest BCUT2D eigenvalue weighted by molar-refractivity contribution is 5.93. The number of nitrogens with zero attached hydrogens (tertiary/aromatic N) is 2. The quantitative estimate of drug-likeness (QED) is 0.259. The summed E-state index contributed by atoms with van der Waals surface area (Å²) in [6.07, 6.45) is -1.86. The van der Waals surface area contributed by atoms with Crippen molar-refractivity contribution in [3.05, 3.63) is 54.6 Å². The first-order valence-electron chi connectivity index (χ1n) is 13.1. The maximum atomic E-state index is 10.6. The lowest BCUT2D eigenvalue weighted by atomic mass is 10.1. The molecular formula is C28H37F3N6O2. The van der Waals surface area contributed by atoms with Crippen LogP contribution >= 0.6 is 0 Å². The van der Waals surface area contributed by atoms with E-state index in [0.717, 1.165) is 86.4 Å². The number of anilines is 2. The molecule has 11 heteroatoms. The van der Waals surface area contributed by atoms with E-state index in [0.29, 0.717) is 6.04 Å². The van der Waals surface area contributed by atoms with E-state index in [1.807, 2.05) is 7.05 Å². The van der Waals surface area contributed by atoms with Gasteiger partial charge in [-0.2, -0.15) is 13.2 Å². The van der Waals surface area contributed by atoms with Gasteiger partial charge in [0.25, 0.3) is 0 Å². The third-order valence-electron chi connectivity index (χ3n) is 6.58. The Kier molecular flexibility index (Phi) is 11.3. The van der Waals surface area contributed by atoms with E-state index >= 15 is 0 Å². The normalized spacial score (nSPS) is 14.4. The van der Waals surface area contributed by atoms with Crippen molar-refractivity contribution in [2.24, 2.45) is 5.73 Å². The molecule has 0 aliphatic carbocycles. The third kappa shape index (κ3) is 9.09. The maximum absolute atomic E-state index is 10.6. The summed E-state index contributed by atoms with van der Waals surface area (Å²) in [6, 6.07) is 19.9. The van der Waals surface area contributed by atoms with Crippen LogP contribution in [0, 0.1) is 0 Å². The minimum Gasteiger partial charge on any atom is -0.475 e. The standard InChI is InChI=1S/C26H36N6.C2HF3O2/c1-28-21(5-4-13-27)12-14-30-26-19-25(31-24-7-3-2-6-23(24)26)20-8-10-22(11-9-20)32-17-15-29-16-18-32;3-2(4,5)1(6)7/h2-3,6-11,19,21,28-29H,4-5,12-18,27H2,1H3,(H,30,31);(H,6,7). The Morgan fingerprint density at radius 3 is 2.41 bits per heavy atom. The number of aromatic nitrogens is 1. The highest BCUT2D eigenvalue weighted by Gasteiger charge is 2.38. The van der Waals surface area contributed by atoms with Gasteiger partial charge in [0, 0.05) is 61.1 Å². The minimum absolute atomic E-state index is 0.483. The summed E-state index contributed by atoms with van der Waals surface area (Å²) in [5.41, 5.74) is 11.3. The number of benzene rings is 2. The zero-order chi connectivity index (χ0) is 28.3. The van der Waals surface area contributed by atoms with Crippen LogP contribution in [0.5, 0.6) is 0 Å². The predicted molar refractivity (Wildman–Crippen MR) is 150 cm³/mol. The van der Waals surface area contributed by atoms with Crippen LogP contribution in [0.3, 0.4) is 0 Å². The lowest BCUT2D eigenvalue weighted by Gasteiger charge is -2.29. The summed E-state index contributed by atoms with van der Waals surface area (Å²) >= 11 is 0. The van der Waals surface area contributed by atoms with E-state index < -0.39 is 12.1 Å². The number of rotatable bonds is 10. The molecular weight excluding hydrogens is 509 g/mol. The van der Waals surface area contributed by atoms with Crippen LogP contribution in [0.2, 0.25) is 0 Å². The van der Waals surface area contributed by atoms with Gasteiger partial charge in [-0.05, 0) is 57.1 Å². The van der Waals surface area contributed by atoms with E-state index in [-0.39, 0.29) is 0 Å². The van der Waals surface area contributed by atoms with Crippen LogP contribution in [-0.2, 0) is 4.79 Å². The lowest BCUT2D eigenvalue weighted by Crippen LogP contribution is -2.43. The molecule has 0 amide bonds. The summed E-state index contributed by atoms with van der Waals surface area (Å²) in [4.78, 5) is 16.3. The van der Waals surface area contributed by atoms with Crippen molar-refractivity contribution >= 4 is 28.2 Å². The predicted octanol–water partition coefficient (Wildman–Crippen LogP) is 4.07. The number of hydrogen-bond acceptors (Lipinski definition) is 7. The van der Waals surface area contributed by atoms with Gasteiger partial charge in [-0.1, -0.05) is 30.3 Å². The van der Waals surface area contributed by atoms with Crippen LogP contribution in [0.1, 0.15) is 19.3 Å². The average molecular weight is 547 g/mol. The Morgan fingerprint density at radius 2 is 1.79 bits per heavy atom. The number of piperazine rings is 1. The topological polar surface area (TPSA) is 116 Å². The third-order valence-corrected chi connectivity index (χ3v) is 6.58. The summed E-state index contributed by atoms with van der Waals surface area (Å²) in [5.74, 6) is -2.76. The minimum atomic E-state index is -5.08. The smallest absolute Gasteiger partial charge is 0.475 e. The van der Waals surface area contributed by atoms with Gasteiger partial charge in [0.2, 0.25) is 0 Å². The summed E-state index contributed by atoms with van der Waals surface area (Å²) in [7, 11) is 2.03. The van der Waals surface area contributed by atoms with Gasteiger partial charge in [-0.25, -0.2) is 9.78 Å². The molecule has 0 bridgehead atoms. The van der Waals surface area contributed by atoms with Gasteiger partial charge >= 0.3 is 12.1 Å². The van der Waals surface area contributed by atoms with Crippen molar-refractivity contribution < 1.29 is 23.1 Å². The molecule has 6 N–H and O–H groups in total. The first-order valence-corrected chi connectivity index (χ1v) is 13.1. The molecule has 1 atom stereocenters. The van der Waals surface area contributed by atoms with Gasteiger partial charge in [0.1, 0.15) is 0 Å². The molecule has 8 nitrogen and oxygen atoms in total. The Hall–Kier alpha value is -3.41. The van der Waals surface area contributed by atoms with Crippen molar-refractivity contribution in [1.29, 1.82) is 0 Å². The molecule has 4 rings (SSSR count). The molecule has 0 saturated carbocycles. The fraction of sp³-hybridized carbons (Fsp3) is 0.429. The van der Waals surface area contributed by atoms with Crippen molar-refractivity contribution in [3.8, 4) is 11.3 Å². The second-order valence-corrected chi connectivity index (χ2v) is 9.29. The molecule has 0 radical (unpaired) electrons. The molecule has 2 heterocycles. The lowest BCUT2D eigenvalue weighted by molar-refractivity contribution is -0.192. The summed E-state index contributed by atoms with van der Waals surface area (Å²) in [6.45, 7) is 5.86. The SMILES string of the molecule is CNC(CCCN)CCNc1cc(-c2ccc(N3CCNCC3)cc2)nc2ccccc12.O=C(O)C(F)(F)F. The number of alkyl halides is 3. The van der Waals surface area contributed by atoms with E-state index in [1.54, 1.807) is 0 Å². The van der Waals surface area contributed by atoms with Gasteiger partial charge in [0.05, 0.1) is 11.2 Å². The Labute approximate surface area is 226 Å². The highest BCUT2D eigenvalue weighted by Crippen LogP contribution is 2.29. The molecule has 1 unspecified atom stereocenters. The molecule has 212 valence electrons. The molecule has 3 aromatic rings.